The Morgan fingerprint density at radius 2 is 1.02 bits per heavy atom. The van der Waals surface area contributed by atoms with E-state index in [1.165, 1.54) is 135 Å². The van der Waals surface area contributed by atoms with Crippen molar-refractivity contribution in [3.8, 4) is 0 Å². The van der Waals surface area contributed by atoms with Gasteiger partial charge in [-0.1, -0.05) is 185 Å². The SMILES string of the molecule is CCCCCCCCCCC/C=C/CC/C=C/CC/C=C/C(O)C(COC1OC(CO)C(O)C(O)C1O)NC(=O)CCCCCCCCCCCCCCCC. The van der Waals surface area contributed by atoms with Crippen LogP contribution in [0.15, 0.2) is 36.5 Å². The Kier molecular flexibility index (Phi) is 35.3. The van der Waals surface area contributed by atoms with Crippen molar-refractivity contribution in [3.05, 3.63) is 36.5 Å². The van der Waals surface area contributed by atoms with Crippen molar-refractivity contribution in [3.63, 3.8) is 0 Å². The molecule has 7 unspecified atom stereocenters. The van der Waals surface area contributed by atoms with E-state index < -0.39 is 49.5 Å². The predicted molar refractivity (Wildman–Crippen MR) is 230 cm³/mol. The zero-order valence-electron chi connectivity index (χ0n) is 35.9. The number of carbonyl (C=O) groups is 1. The summed E-state index contributed by atoms with van der Waals surface area (Å²) in [5.41, 5.74) is 0. The van der Waals surface area contributed by atoms with Gasteiger partial charge in [0.1, 0.15) is 24.4 Å². The fraction of sp³-hybridized carbons (Fsp3) is 0.851. The van der Waals surface area contributed by atoms with E-state index in [2.05, 4.69) is 43.5 Å². The predicted octanol–water partition coefficient (Wildman–Crippen LogP) is 9.67. The first-order chi connectivity index (χ1) is 27.3. The number of hydrogen-bond donors (Lipinski definition) is 6. The van der Waals surface area contributed by atoms with Crippen molar-refractivity contribution >= 4 is 5.91 Å². The Bertz CT molecular complexity index is 972. The Labute approximate surface area is 342 Å². The molecule has 7 atom stereocenters. The third-order valence-corrected chi connectivity index (χ3v) is 10.9. The molecule has 0 aromatic rings. The summed E-state index contributed by atoms with van der Waals surface area (Å²) in [6, 6.07) is -0.823. The van der Waals surface area contributed by atoms with Crippen LogP contribution >= 0.6 is 0 Å². The summed E-state index contributed by atoms with van der Waals surface area (Å²) >= 11 is 0. The third kappa shape index (κ3) is 27.9. The van der Waals surface area contributed by atoms with E-state index in [4.69, 9.17) is 9.47 Å². The monoisotopic (exact) mass is 794 g/mol. The Morgan fingerprint density at radius 1 is 0.589 bits per heavy atom. The van der Waals surface area contributed by atoms with Crippen LogP contribution in [0.4, 0.5) is 0 Å². The van der Waals surface area contributed by atoms with Crippen molar-refractivity contribution in [2.24, 2.45) is 0 Å². The fourth-order valence-corrected chi connectivity index (χ4v) is 7.19. The Balaban J connectivity index is 2.40. The number of rotatable bonds is 38. The number of aliphatic hydroxyl groups is 5. The molecule has 0 aromatic heterocycles. The normalized spacial score (nSPS) is 21.4. The molecule has 0 saturated carbocycles. The second-order valence-corrected chi connectivity index (χ2v) is 16.2. The molecule has 0 aromatic carbocycles. The van der Waals surface area contributed by atoms with Crippen LogP contribution in [0.3, 0.4) is 0 Å². The molecule has 1 amide bonds. The average molecular weight is 794 g/mol. The molecule has 1 heterocycles. The van der Waals surface area contributed by atoms with E-state index in [1.54, 1.807) is 6.08 Å². The summed E-state index contributed by atoms with van der Waals surface area (Å²) in [4.78, 5) is 12.9. The standard InChI is InChI=1S/C47H87NO8/c1-3-5-7-9-11-13-15-17-19-20-21-22-23-24-26-28-30-32-34-36-41(50)40(39-55-47-46(54)45(53)44(52)42(38-49)56-47)48-43(51)37-35-33-31-29-27-25-18-16-14-12-10-8-6-4-2/h21-22,26,28,34,36,40-42,44-47,49-50,52-54H,3-20,23-25,27,29-33,35,37-39H2,1-2H3,(H,48,51)/b22-21+,28-26+,36-34+. The van der Waals surface area contributed by atoms with E-state index >= 15 is 0 Å². The molecule has 9 nitrogen and oxygen atoms in total. The van der Waals surface area contributed by atoms with Gasteiger partial charge in [0.2, 0.25) is 5.91 Å². The minimum absolute atomic E-state index is 0.191. The molecule has 1 aliphatic heterocycles. The number of aliphatic hydroxyl groups excluding tert-OH is 5. The van der Waals surface area contributed by atoms with Gasteiger partial charge < -0.3 is 40.3 Å². The number of carbonyl (C=O) groups excluding carboxylic acids is 1. The summed E-state index contributed by atoms with van der Waals surface area (Å²) in [7, 11) is 0. The van der Waals surface area contributed by atoms with Gasteiger partial charge in [0.15, 0.2) is 6.29 Å². The molecule has 1 aliphatic rings. The highest BCUT2D eigenvalue weighted by Crippen LogP contribution is 2.22. The zero-order chi connectivity index (χ0) is 40.9. The zero-order valence-corrected chi connectivity index (χ0v) is 35.9. The molecule has 328 valence electrons. The third-order valence-electron chi connectivity index (χ3n) is 10.9. The molecular weight excluding hydrogens is 707 g/mol. The molecule has 0 bridgehead atoms. The largest absolute Gasteiger partial charge is 0.394 e. The lowest BCUT2D eigenvalue weighted by Crippen LogP contribution is -2.60. The molecule has 1 fully saturated rings. The first-order valence-electron chi connectivity index (χ1n) is 23.2. The number of unbranched alkanes of at least 4 members (excludes halogenated alkanes) is 24. The molecular formula is C47H87NO8. The number of amides is 1. The Morgan fingerprint density at radius 3 is 1.50 bits per heavy atom. The first kappa shape index (κ1) is 52.4. The maximum atomic E-state index is 12.9. The number of ether oxygens (including phenoxy) is 2. The van der Waals surface area contributed by atoms with Crippen molar-refractivity contribution in [2.45, 2.75) is 243 Å². The Hall–Kier alpha value is -1.59. The van der Waals surface area contributed by atoms with Gasteiger partial charge in [0.25, 0.3) is 0 Å². The molecule has 0 spiro atoms. The lowest BCUT2D eigenvalue weighted by molar-refractivity contribution is -0.302. The lowest BCUT2D eigenvalue weighted by atomic mass is 9.99. The summed E-state index contributed by atoms with van der Waals surface area (Å²) in [5, 5.41) is 54.1. The van der Waals surface area contributed by atoms with Crippen LogP contribution in [0, 0.1) is 0 Å². The summed E-state index contributed by atoms with van der Waals surface area (Å²) in [6.45, 7) is 3.75. The van der Waals surface area contributed by atoms with Gasteiger partial charge in [-0.25, -0.2) is 0 Å². The molecule has 56 heavy (non-hydrogen) atoms. The van der Waals surface area contributed by atoms with E-state index in [1.807, 2.05) is 6.08 Å². The average Bonchev–Trinajstić information content (AvgIpc) is 3.20. The van der Waals surface area contributed by atoms with Crippen LogP contribution in [0.2, 0.25) is 0 Å². The van der Waals surface area contributed by atoms with E-state index in [0.717, 1.165) is 44.9 Å². The fourth-order valence-electron chi connectivity index (χ4n) is 7.19. The van der Waals surface area contributed by atoms with E-state index in [-0.39, 0.29) is 12.5 Å². The molecule has 0 aliphatic carbocycles. The van der Waals surface area contributed by atoms with Crippen LogP contribution in [-0.2, 0) is 14.3 Å². The quantitative estimate of drug-likeness (QED) is 0.0268. The van der Waals surface area contributed by atoms with Crippen LogP contribution in [0.5, 0.6) is 0 Å². The van der Waals surface area contributed by atoms with Crippen molar-refractivity contribution in [1.82, 2.24) is 5.32 Å². The summed E-state index contributed by atoms with van der Waals surface area (Å²) in [6.07, 6.45) is 39.0. The number of hydrogen-bond acceptors (Lipinski definition) is 8. The van der Waals surface area contributed by atoms with Crippen molar-refractivity contribution in [1.29, 1.82) is 0 Å². The maximum absolute atomic E-state index is 12.9. The number of nitrogens with one attached hydrogen (secondary N) is 1. The highest BCUT2D eigenvalue weighted by atomic mass is 16.7. The summed E-state index contributed by atoms with van der Waals surface area (Å²) in [5.74, 6) is -0.191. The van der Waals surface area contributed by atoms with Crippen LogP contribution in [0.1, 0.15) is 200 Å². The molecule has 0 radical (unpaired) electrons. The second-order valence-electron chi connectivity index (χ2n) is 16.2. The topological polar surface area (TPSA) is 149 Å². The van der Waals surface area contributed by atoms with Gasteiger partial charge in [-0.2, -0.15) is 0 Å². The van der Waals surface area contributed by atoms with Crippen LogP contribution in [-0.4, -0.2) is 87.5 Å². The van der Waals surface area contributed by atoms with Crippen LogP contribution < -0.4 is 5.32 Å². The highest BCUT2D eigenvalue weighted by molar-refractivity contribution is 5.76. The molecule has 1 rings (SSSR count). The van der Waals surface area contributed by atoms with Gasteiger partial charge in [0.05, 0.1) is 25.4 Å². The minimum atomic E-state index is -1.57. The van der Waals surface area contributed by atoms with Crippen molar-refractivity contribution < 1.29 is 39.8 Å². The van der Waals surface area contributed by atoms with Gasteiger partial charge in [-0.05, 0) is 44.9 Å². The number of allylic oxidation sites excluding steroid dienone is 5. The molecule has 9 heteroatoms. The highest BCUT2D eigenvalue weighted by Gasteiger charge is 2.44. The van der Waals surface area contributed by atoms with Gasteiger partial charge in [0, 0.05) is 6.42 Å². The summed E-state index contributed by atoms with van der Waals surface area (Å²) < 4.78 is 11.2. The van der Waals surface area contributed by atoms with Gasteiger partial charge in [-0.15, -0.1) is 0 Å². The van der Waals surface area contributed by atoms with Crippen LogP contribution in [0.25, 0.3) is 0 Å². The molecule has 1 saturated heterocycles. The first-order valence-corrected chi connectivity index (χ1v) is 23.2. The van der Waals surface area contributed by atoms with Gasteiger partial charge >= 0.3 is 0 Å². The van der Waals surface area contributed by atoms with E-state index in [9.17, 15) is 30.3 Å². The minimum Gasteiger partial charge on any atom is -0.394 e. The molecule has 6 N–H and O–H groups in total. The maximum Gasteiger partial charge on any atom is 0.220 e. The second kappa shape index (κ2) is 37.7. The van der Waals surface area contributed by atoms with Gasteiger partial charge in [-0.3, -0.25) is 4.79 Å². The van der Waals surface area contributed by atoms with E-state index in [0.29, 0.717) is 6.42 Å². The van der Waals surface area contributed by atoms with Crippen molar-refractivity contribution in [2.75, 3.05) is 13.2 Å². The lowest BCUT2D eigenvalue weighted by Gasteiger charge is -2.40. The smallest absolute Gasteiger partial charge is 0.220 e.